The Bertz CT molecular complexity index is 825. The van der Waals surface area contributed by atoms with Gasteiger partial charge in [-0.25, -0.2) is 0 Å². The Morgan fingerprint density at radius 3 is 2.26 bits per heavy atom. The van der Waals surface area contributed by atoms with Crippen LogP contribution >= 0.6 is 22.6 Å². The van der Waals surface area contributed by atoms with Crippen LogP contribution in [0.15, 0.2) is 42.5 Å². The Morgan fingerprint density at radius 1 is 1.00 bits per heavy atom. The predicted molar refractivity (Wildman–Crippen MR) is 116 cm³/mol. The van der Waals surface area contributed by atoms with Crippen LogP contribution in [0.4, 0.5) is 5.69 Å². The van der Waals surface area contributed by atoms with Gasteiger partial charge in [0, 0.05) is 41.0 Å². The van der Waals surface area contributed by atoms with E-state index in [4.69, 9.17) is 0 Å². The second-order valence-electron chi connectivity index (χ2n) is 6.89. The monoisotopic (exact) mass is 477 g/mol. The number of para-hydroxylation sites is 1. The maximum atomic E-state index is 12.6. The smallest absolute Gasteiger partial charge is 0.253 e. The second kappa shape index (κ2) is 8.84. The molecular formula is C21H24IN3O2. The van der Waals surface area contributed by atoms with E-state index in [0.717, 1.165) is 25.9 Å². The highest BCUT2D eigenvalue weighted by atomic mass is 127. The van der Waals surface area contributed by atoms with Gasteiger partial charge in [-0.1, -0.05) is 24.3 Å². The third-order valence-corrected chi connectivity index (χ3v) is 5.51. The summed E-state index contributed by atoms with van der Waals surface area (Å²) >= 11 is 2.22. The Hall–Kier alpha value is -1.93. The van der Waals surface area contributed by atoms with Crippen molar-refractivity contribution in [1.29, 1.82) is 0 Å². The molecule has 0 aromatic heterocycles. The molecule has 0 spiro atoms. The van der Waals surface area contributed by atoms with E-state index in [1.165, 1.54) is 0 Å². The Kier molecular flexibility index (Phi) is 6.49. The number of piperazine rings is 1. The Balaban J connectivity index is 1.52. The fourth-order valence-electron chi connectivity index (χ4n) is 3.31. The number of aryl methyl sites for hydroxylation is 2. The van der Waals surface area contributed by atoms with Gasteiger partial charge in [0.25, 0.3) is 5.91 Å². The number of carbonyl (C=O) groups is 2. The van der Waals surface area contributed by atoms with Crippen molar-refractivity contribution in [2.24, 2.45) is 0 Å². The normalized spacial score (nSPS) is 14.9. The first-order valence-corrected chi connectivity index (χ1v) is 10.1. The van der Waals surface area contributed by atoms with E-state index < -0.39 is 0 Å². The standard InChI is InChI=1S/C21H24IN3O2/c1-15-5-3-6-16(2)20(15)23-19(26)14-24-9-11-25(12-10-24)21(27)17-7-4-8-18(22)13-17/h3-8,13H,9-12,14H2,1-2H3,(H,23,26). The maximum Gasteiger partial charge on any atom is 0.253 e. The highest BCUT2D eigenvalue weighted by molar-refractivity contribution is 14.1. The number of nitrogens with zero attached hydrogens (tertiary/aromatic N) is 2. The van der Waals surface area contributed by atoms with E-state index in [0.29, 0.717) is 32.7 Å². The van der Waals surface area contributed by atoms with E-state index in [-0.39, 0.29) is 11.8 Å². The lowest BCUT2D eigenvalue weighted by molar-refractivity contribution is -0.117. The van der Waals surface area contributed by atoms with Gasteiger partial charge in [-0.05, 0) is 65.8 Å². The van der Waals surface area contributed by atoms with Crippen molar-refractivity contribution in [3.63, 3.8) is 0 Å². The predicted octanol–water partition coefficient (Wildman–Crippen LogP) is 3.30. The topological polar surface area (TPSA) is 52.7 Å². The molecule has 0 radical (unpaired) electrons. The molecule has 27 heavy (non-hydrogen) atoms. The molecule has 1 aliphatic heterocycles. The number of rotatable bonds is 4. The van der Waals surface area contributed by atoms with Crippen LogP contribution in [-0.4, -0.2) is 54.3 Å². The maximum absolute atomic E-state index is 12.6. The van der Waals surface area contributed by atoms with Crippen LogP contribution in [0.3, 0.4) is 0 Å². The number of carbonyl (C=O) groups excluding carboxylic acids is 2. The van der Waals surface area contributed by atoms with Gasteiger partial charge in [0.2, 0.25) is 5.91 Å². The van der Waals surface area contributed by atoms with Crippen LogP contribution in [0.2, 0.25) is 0 Å². The quantitative estimate of drug-likeness (QED) is 0.688. The molecule has 1 saturated heterocycles. The molecule has 6 heteroatoms. The largest absolute Gasteiger partial charge is 0.336 e. The molecule has 0 aliphatic carbocycles. The molecule has 1 N–H and O–H groups in total. The highest BCUT2D eigenvalue weighted by Gasteiger charge is 2.23. The molecule has 0 atom stereocenters. The lowest BCUT2D eigenvalue weighted by atomic mass is 10.1. The van der Waals surface area contributed by atoms with Crippen molar-refractivity contribution in [3.05, 3.63) is 62.7 Å². The fraction of sp³-hybridized carbons (Fsp3) is 0.333. The summed E-state index contributed by atoms with van der Waals surface area (Å²) in [5.41, 5.74) is 3.76. The first-order chi connectivity index (χ1) is 12.9. The minimum Gasteiger partial charge on any atom is -0.336 e. The van der Waals surface area contributed by atoms with Crippen LogP contribution in [-0.2, 0) is 4.79 Å². The molecule has 2 aromatic rings. The van der Waals surface area contributed by atoms with Crippen molar-refractivity contribution < 1.29 is 9.59 Å². The lowest BCUT2D eigenvalue weighted by Gasteiger charge is -2.34. The van der Waals surface area contributed by atoms with Gasteiger partial charge in [0.1, 0.15) is 0 Å². The second-order valence-corrected chi connectivity index (χ2v) is 8.14. The van der Waals surface area contributed by atoms with Crippen molar-refractivity contribution in [1.82, 2.24) is 9.80 Å². The summed E-state index contributed by atoms with van der Waals surface area (Å²) in [5.74, 6) is 0.0537. The molecule has 0 unspecified atom stereocenters. The average Bonchev–Trinajstić information content (AvgIpc) is 2.65. The van der Waals surface area contributed by atoms with Gasteiger partial charge in [-0.3, -0.25) is 14.5 Å². The number of nitrogens with one attached hydrogen (secondary N) is 1. The molecule has 3 rings (SSSR count). The fourth-order valence-corrected chi connectivity index (χ4v) is 3.85. The molecule has 1 heterocycles. The van der Waals surface area contributed by atoms with Crippen LogP contribution in [0.25, 0.3) is 0 Å². The minimum atomic E-state index is -0.00945. The molecule has 2 amide bonds. The number of benzene rings is 2. The van der Waals surface area contributed by atoms with Crippen molar-refractivity contribution in [2.75, 3.05) is 38.0 Å². The van der Waals surface area contributed by atoms with E-state index in [1.807, 2.05) is 61.2 Å². The van der Waals surface area contributed by atoms with Gasteiger partial charge in [-0.15, -0.1) is 0 Å². The van der Waals surface area contributed by atoms with Crippen molar-refractivity contribution >= 4 is 40.1 Å². The Morgan fingerprint density at radius 2 is 1.63 bits per heavy atom. The van der Waals surface area contributed by atoms with E-state index in [9.17, 15) is 9.59 Å². The third kappa shape index (κ3) is 5.07. The van der Waals surface area contributed by atoms with E-state index in [2.05, 4.69) is 32.8 Å². The first kappa shape index (κ1) is 19.8. The molecule has 5 nitrogen and oxygen atoms in total. The zero-order valence-electron chi connectivity index (χ0n) is 15.7. The summed E-state index contributed by atoms with van der Waals surface area (Å²) in [6, 6.07) is 13.6. The Labute approximate surface area is 173 Å². The summed E-state index contributed by atoms with van der Waals surface area (Å²) in [6.45, 7) is 7.03. The number of amides is 2. The zero-order chi connectivity index (χ0) is 19.4. The summed E-state index contributed by atoms with van der Waals surface area (Å²) in [7, 11) is 0. The lowest BCUT2D eigenvalue weighted by Crippen LogP contribution is -2.50. The molecule has 1 fully saturated rings. The summed E-state index contributed by atoms with van der Waals surface area (Å²) < 4.78 is 1.06. The molecule has 142 valence electrons. The van der Waals surface area contributed by atoms with Crippen LogP contribution in [0.1, 0.15) is 21.5 Å². The minimum absolute atomic E-state index is 0.00945. The third-order valence-electron chi connectivity index (χ3n) is 4.84. The molecule has 2 aromatic carbocycles. The first-order valence-electron chi connectivity index (χ1n) is 9.07. The number of hydrogen-bond donors (Lipinski definition) is 1. The van der Waals surface area contributed by atoms with Gasteiger partial charge in [-0.2, -0.15) is 0 Å². The highest BCUT2D eigenvalue weighted by Crippen LogP contribution is 2.19. The van der Waals surface area contributed by atoms with Crippen LogP contribution in [0.5, 0.6) is 0 Å². The van der Waals surface area contributed by atoms with Crippen LogP contribution < -0.4 is 5.32 Å². The van der Waals surface area contributed by atoms with Gasteiger partial charge < -0.3 is 10.2 Å². The number of hydrogen-bond acceptors (Lipinski definition) is 3. The van der Waals surface area contributed by atoms with Gasteiger partial charge >= 0.3 is 0 Å². The summed E-state index contributed by atoms with van der Waals surface area (Å²) in [5, 5.41) is 3.03. The number of anilines is 1. The number of halogens is 1. The average molecular weight is 477 g/mol. The van der Waals surface area contributed by atoms with E-state index in [1.54, 1.807) is 0 Å². The molecule has 1 aliphatic rings. The zero-order valence-corrected chi connectivity index (χ0v) is 17.8. The van der Waals surface area contributed by atoms with Crippen molar-refractivity contribution in [3.8, 4) is 0 Å². The summed E-state index contributed by atoms with van der Waals surface area (Å²) in [4.78, 5) is 29.0. The SMILES string of the molecule is Cc1cccc(C)c1NC(=O)CN1CCN(C(=O)c2cccc(I)c2)CC1. The summed E-state index contributed by atoms with van der Waals surface area (Å²) in [6.07, 6.45) is 0. The van der Waals surface area contributed by atoms with Crippen LogP contribution in [0, 0.1) is 17.4 Å². The molecule has 0 bridgehead atoms. The van der Waals surface area contributed by atoms with Gasteiger partial charge in [0.05, 0.1) is 6.54 Å². The van der Waals surface area contributed by atoms with Crippen molar-refractivity contribution in [2.45, 2.75) is 13.8 Å². The van der Waals surface area contributed by atoms with Gasteiger partial charge in [0.15, 0.2) is 0 Å². The van der Waals surface area contributed by atoms with E-state index >= 15 is 0 Å². The molecule has 0 saturated carbocycles. The molecular weight excluding hydrogens is 453 g/mol.